The fraction of sp³-hybridized carbons (Fsp3) is 0.130. The Morgan fingerprint density at radius 3 is 2.65 bits per heavy atom. The number of amides is 2. The van der Waals surface area contributed by atoms with Gasteiger partial charge in [-0.15, -0.1) is 6.58 Å². The number of allylic oxidation sites excluding steroid dienone is 1. The number of nitrogens with one attached hydrogen (secondary N) is 2. The number of carbonyl (C=O) groups is 2. The van der Waals surface area contributed by atoms with Crippen LogP contribution < -0.4 is 20.1 Å². The highest BCUT2D eigenvalue weighted by atomic mass is 35.5. The molecule has 1 heterocycles. The molecule has 0 aliphatic heterocycles. The van der Waals surface area contributed by atoms with Gasteiger partial charge in [0.25, 0.3) is 11.8 Å². The second-order valence-electron chi connectivity index (χ2n) is 6.44. The van der Waals surface area contributed by atoms with Gasteiger partial charge in [0.2, 0.25) is 0 Å². The standard InChI is InChI=1S/C23H21ClN2O5/c1-3-5-15-7-10-19(21(12-15)29-2)31-14-22(27)25-16-8-9-18(17(24)13-16)26-23(28)20-6-4-11-30-20/h3-4,6-13H,1,5,14H2,2H3,(H,25,27)(H,26,28). The van der Waals surface area contributed by atoms with Crippen LogP contribution in [0.15, 0.2) is 71.9 Å². The topological polar surface area (TPSA) is 89.8 Å². The Kier molecular flexibility index (Phi) is 7.35. The average molecular weight is 441 g/mol. The van der Waals surface area contributed by atoms with Crippen molar-refractivity contribution in [1.82, 2.24) is 0 Å². The van der Waals surface area contributed by atoms with Crippen molar-refractivity contribution in [3.8, 4) is 11.5 Å². The molecule has 0 aliphatic carbocycles. The van der Waals surface area contributed by atoms with Crippen molar-refractivity contribution < 1.29 is 23.5 Å². The molecule has 3 aromatic rings. The van der Waals surface area contributed by atoms with E-state index >= 15 is 0 Å². The zero-order valence-electron chi connectivity index (χ0n) is 16.8. The first kappa shape index (κ1) is 22.0. The maximum absolute atomic E-state index is 12.3. The van der Waals surface area contributed by atoms with Gasteiger partial charge in [0.15, 0.2) is 23.9 Å². The molecule has 0 atom stereocenters. The molecule has 0 saturated carbocycles. The summed E-state index contributed by atoms with van der Waals surface area (Å²) in [7, 11) is 1.54. The lowest BCUT2D eigenvalue weighted by molar-refractivity contribution is -0.118. The van der Waals surface area contributed by atoms with Crippen molar-refractivity contribution in [1.29, 1.82) is 0 Å². The second kappa shape index (κ2) is 10.4. The zero-order chi connectivity index (χ0) is 22.2. The van der Waals surface area contributed by atoms with E-state index in [1.807, 2.05) is 12.1 Å². The van der Waals surface area contributed by atoms with Crippen LogP contribution in [0.3, 0.4) is 0 Å². The Hall–Kier alpha value is -3.71. The molecule has 0 radical (unpaired) electrons. The quantitative estimate of drug-likeness (QED) is 0.460. The van der Waals surface area contributed by atoms with E-state index in [9.17, 15) is 9.59 Å². The smallest absolute Gasteiger partial charge is 0.291 e. The Bertz CT molecular complexity index is 1080. The van der Waals surface area contributed by atoms with E-state index in [1.54, 1.807) is 36.4 Å². The molecule has 31 heavy (non-hydrogen) atoms. The maximum atomic E-state index is 12.3. The number of benzene rings is 2. The summed E-state index contributed by atoms with van der Waals surface area (Å²) >= 11 is 6.22. The predicted octanol–water partition coefficient (Wildman–Crippen LogP) is 4.94. The highest BCUT2D eigenvalue weighted by Crippen LogP contribution is 2.29. The lowest BCUT2D eigenvalue weighted by Crippen LogP contribution is -2.20. The minimum atomic E-state index is -0.426. The second-order valence-corrected chi connectivity index (χ2v) is 6.85. The normalized spacial score (nSPS) is 10.3. The van der Waals surface area contributed by atoms with Crippen LogP contribution in [0.1, 0.15) is 16.1 Å². The van der Waals surface area contributed by atoms with Gasteiger partial charge in [-0.3, -0.25) is 9.59 Å². The fourth-order valence-electron chi connectivity index (χ4n) is 2.75. The highest BCUT2D eigenvalue weighted by Gasteiger charge is 2.13. The number of halogens is 1. The number of hydrogen-bond donors (Lipinski definition) is 2. The summed E-state index contributed by atoms with van der Waals surface area (Å²) in [5.74, 6) is 0.357. The fourth-order valence-corrected chi connectivity index (χ4v) is 2.98. The third-order valence-corrected chi connectivity index (χ3v) is 4.53. The van der Waals surface area contributed by atoms with Crippen molar-refractivity contribution in [2.24, 2.45) is 0 Å². The van der Waals surface area contributed by atoms with Crippen molar-refractivity contribution in [2.45, 2.75) is 6.42 Å². The number of hydrogen-bond acceptors (Lipinski definition) is 5. The Morgan fingerprint density at radius 1 is 1.13 bits per heavy atom. The van der Waals surface area contributed by atoms with Crippen LogP contribution in [-0.4, -0.2) is 25.5 Å². The van der Waals surface area contributed by atoms with Gasteiger partial charge in [0.05, 0.1) is 24.1 Å². The summed E-state index contributed by atoms with van der Waals surface area (Å²) in [5.41, 5.74) is 1.88. The molecular weight excluding hydrogens is 420 g/mol. The molecule has 2 amide bonds. The summed E-state index contributed by atoms with van der Waals surface area (Å²) in [6.45, 7) is 3.49. The summed E-state index contributed by atoms with van der Waals surface area (Å²) < 4.78 is 15.9. The Labute approximate surface area is 184 Å². The van der Waals surface area contributed by atoms with Crippen LogP contribution in [0.25, 0.3) is 0 Å². The number of anilines is 2. The largest absolute Gasteiger partial charge is 0.493 e. The predicted molar refractivity (Wildman–Crippen MR) is 119 cm³/mol. The van der Waals surface area contributed by atoms with Crippen molar-refractivity contribution >= 4 is 34.8 Å². The minimum absolute atomic E-state index is 0.165. The number of furan rings is 1. The molecule has 0 spiro atoms. The molecule has 160 valence electrons. The van der Waals surface area contributed by atoms with E-state index < -0.39 is 5.91 Å². The molecule has 1 aromatic heterocycles. The molecule has 0 fully saturated rings. The number of carbonyl (C=O) groups excluding carboxylic acids is 2. The first-order valence-electron chi connectivity index (χ1n) is 9.35. The van der Waals surface area contributed by atoms with E-state index in [2.05, 4.69) is 17.2 Å². The van der Waals surface area contributed by atoms with Gasteiger partial charge in [0.1, 0.15) is 0 Å². The molecule has 2 aromatic carbocycles. The van der Waals surface area contributed by atoms with E-state index in [4.69, 9.17) is 25.5 Å². The van der Waals surface area contributed by atoms with Crippen LogP contribution in [0.4, 0.5) is 11.4 Å². The van der Waals surface area contributed by atoms with Crippen LogP contribution >= 0.6 is 11.6 Å². The summed E-state index contributed by atoms with van der Waals surface area (Å²) in [6.07, 6.45) is 3.90. The van der Waals surface area contributed by atoms with Gasteiger partial charge in [-0.25, -0.2) is 0 Å². The third kappa shape index (κ3) is 5.90. The molecule has 0 saturated heterocycles. The Balaban J connectivity index is 1.57. The SMILES string of the molecule is C=CCc1ccc(OCC(=O)Nc2ccc(NC(=O)c3ccco3)c(Cl)c2)c(OC)c1. The zero-order valence-corrected chi connectivity index (χ0v) is 17.6. The number of ether oxygens (including phenoxy) is 2. The lowest BCUT2D eigenvalue weighted by Gasteiger charge is -2.13. The third-order valence-electron chi connectivity index (χ3n) is 4.21. The molecule has 7 nitrogen and oxygen atoms in total. The maximum Gasteiger partial charge on any atom is 0.291 e. The molecule has 0 unspecified atom stereocenters. The van der Waals surface area contributed by atoms with Crippen LogP contribution in [0, 0.1) is 0 Å². The average Bonchev–Trinajstić information content (AvgIpc) is 3.30. The van der Waals surface area contributed by atoms with Crippen LogP contribution in [0.2, 0.25) is 5.02 Å². The van der Waals surface area contributed by atoms with Crippen LogP contribution in [0.5, 0.6) is 11.5 Å². The van der Waals surface area contributed by atoms with Gasteiger partial charge in [0, 0.05) is 5.69 Å². The molecule has 0 bridgehead atoms. The van der Waals surface area contributed by atoms with Crippen molar-refractivity contribution in [3.05, 3.63) is 83.8 Å². The van der Waals surface area contributed by atoms with E-state index in [0.717, 1.165) is 5.56 Å². The monoisotopic (exact) mass is 440 g/mol. The summed E-state index contributed by atoms with van der Waals surface area (Å²) in [6, 6.07) is 13.4. The Morgan fingerprint density at radius 2 is 1.97 bits per heavy atom. The first-order chi connectivity index (χ1) is 15.0. The van der Waals surface area contributed by atoms with E-state index in [0.29, 0.717) is 29.3 Å². The highest BCUT2D eigenvalue weighted by molar-refractivity contribution is 6.34. The van der Waals surface area contributed by atoms with Crippen molar-refractivity contribution in [3.63, 3.8) is 0 Å². The summed E-state index contributed by atoms with van der Waals surface area (Å²) in [5, 5.41) is 5.60. The van der Waals surface area contributed by atoms with Gasteiger partial charge in [-0.2, -0.15) is 0 Å². The number of methoxy groups -OCH3 is 1. The molecule has 3 rings (SSSR count). The van der Waals surface area contributed by atoms with E-state index in [1.165, 1.54) is 19.4 Å². The lowest BCUT2D eigenvalue weighted by atomic mass is 10.1. The molecule has 8 heteroatoms. The molecule has 2 N–H and O–H groups in total. The molecular formula is C23H21ClN2O5. The van der Waals surface area contributed by atoms with Crippen molar-refractivity contribution in [2.75, 3.05) is 24.4 Å². The first-order valence-corrected chi connectivity index (χ1v) is 9.73. The molecule has 0 aliphatic rings. The van der Waals surface area contributed by atoms with Gasteiger partial charge in [-0.05, 0) is 54.4 Å². The number of rotatable bonds is 9. The minimum Gasteiger partial charge on any atom is -0.493 e. The van der Waals surface area contributed by atoms with Gasteiger partial charge in [-0.1, -0.05) is 23.7 Å². The van der Waals surface area contributed by atoms with Gasteiger partial charge >= 0.3 is 0 Å². The van der Waals surface area contributed by atoms with Gasteiger partial charge < -0.3 is 24.5 Å². The van der Waals surface area contributed by atoms with E-state index in [-0.39, 0.29) is 23.3 Å². The summed E-state index contributed by atoms with van der Waals surface area (Å²) in [4.78, 5) is 24.3. The van der Waals surface area contributed by atoms with Crippen LogP contribution in [-0.2, 0) is 11.2 Å².